The SMILES string of the molecule is CCOc1cc(CNNc2ccccc2)ccc1C. The number of hydrogen-bond acceptors (Lipinski definition) is 3. The zero-order valence-electron chi connectivity index (χ0n) is 11.4. The minimum atomic E-state index is 0.694. The van der Waals surface area contributed by atoms with Crippen molar-refractivity contribution < 1.29 is 4.74 Å². The minimum Gasteiger partial charge on any atom is -0.494 e. The van der Waals surface area contributed by atoms with Crippen LogP contribution in [0.2, 0.25) is 0 Å². The van der Waals surface area contributed by atoms with Crippen LogP contribution in [-0.4, -0.2) is 6.61 Å². The summed E-state index contributed by atoms with van der Waals surface area (Å²) in [4.78, 5) is 0. The average Bonchev–Trinajstić information content (AvgIpc) is 2.44. The first-order valence-corrected chi connectivity index (χ1v) is 6.56. The van der Waals surface area contributed by atoms with E-state index in [9.17, 15) is 0 Å². The summed E-state index contributed by atoms with van der Waals surface area (Å²) >= 11 is 0. The third-order valence-electron chi connectivity index (χ3n) is 2.85. The van der Waals surface area contributed by atoms with E-state index in [2.05, 4.69) is 36.0 Å². The second-order valence-electron chi connectivity index (χ2n) is 4.38. The second-order valence-corrected chi connectivity index (χ2v) is 4.38. The average molecular weight is 256 g/mol. The highest BCUT2D eigenvalue weighted by atomic mass is 16.5. The summed E-state index contributed by atoms with van der Waals surface area (Å²) in [7, 11) is 0. The fourth-order valence-corrected chi connectivity index (χ4v) is 1.84. The van der Waals surface area contributed by atoms with Crippen LogP contribution in [0.4, 0.5) is 5.69 Å². The molecule has 3 heteroatoms. The molecule has 0 radical (unpaired) electrons. The lowest BCUT2D eigenvalue weighted by atomic mass is 10.1. The molecule has 0 aliphatic carbocycles. The summed E-state index contributed by atoms with van der Waals surface area (Å²) in [5.41, 5.74) is 9.79. The largest absolute Gasteiger partial charge is 0.494 e. The molecule has 0 unspecified atom stereocenters. The molecule has 0 aliphatic rings. The molecule has 0 saturated carbocycles. The topological polar surface area (TPSA) is 33.3 Å². The number of hydrogen-bond donors (Lipinski definition) is 2. The summed E-state index contributed by atoms with van der Waals surface area (Å²) in [5, 5.41) is 0. The lowest BCUT2D eigenvalue weighted by molar-refractivity contribution is 0.337. The monoisotopic (exact) mass is 256 g/mol. The van der Waals surface area contributed by atoms with Crippen LogP contribution in [0.3, 0.4) is 0 Å². The summed E-state index contributed by atoms with van der Waals surface area (Å²) in [6, 6.07) is 16.3. The molecule has 0 fully saturated rings. The van der Waals surface area contributed by atoms with E-state index in [1.165, 1.54) is 11.1 Å². The minimum absolute atomic E-state index is 0.694. The lowest BCUT2D eigenvalue weighted by Gasteiger charge is -2.11. The van der Waals surface area contributed by atoms with E-state index in [1.54, 1.807) is 0 Å². The standard InChI is InChI=1S/C16H20N2O/c1-3-19-16-11-14(10-9-13(16)2)12-17-18-15-7-5-4-6-8-15/h4-11,17-18H,3,12H2,1-2H3. The molecule has 19 heavy (non-hydrogen) atoms. The highest BCUT2D eigenvalue weighted by Crippen LogP contribution is 2.19. The molecule has 0 saturated heterocycles. The smallest absolute Gasteiger partial charge is 0.122 e. The van der Waals surface area contributed by atoms with Gasteiger partial charge in [-0.1, -0.05) is 30.3 Å². The van der Waals surface area contributed by atoms with Crippen LogP contribution >= 0.6 is 0 Å². The predicted octanol–water partition coefficient (Wildman–Crippen LogP) is 3.51. The quantitative estimate of drug-likeness (QED) is 0.776. The van der Waals surface area contributed by atoms with Gasteiger partial charge < -0.3 is 10.2 Å². The van der Waals surface area contributed by atoms with Crippen molar-refractivity contribution in [2.75, 3.05) is 12.0 Å². The Morgan fingerprint density at radius 2 is 1.84 bits per heavy atom. The van der Waals surface area contributed by atoms with E-state index < -0.39 is 0 Å². The molecule has 2 rings (SSSR count). The molecule has 3 nitrogen and oxygen atoms in total. The first-order valence-electron chi connectivity index (χ1n) is 6.56. The van der Waals surface area contributed by atoms with Gasteiger partial charge in [0, 0.05) is 12.2 Å². The van der Waals surface area contributed by atoms with Gasteiger partial charge >= 0.3 is 0 Å². The third kappa shape index (κ3) is 4.00. The fourth-order valence-electron chi connectivity index (χ4n) is 1.84. The molecular formula is C16H20N2O. The summed E-state index contributed by atoms with van der Waals surface area (Å²) in [6.07, 6.45) is 0. The molecule has 2 aromatic rings. The molecule has 0 heterocycles. The Hall–Kier alpha value is -2.00. The summed E-state index contributed by atoms with van der Waals surface area (Å²) < 4.78 is 5.59. The molecule has 2 N–H and O–H groups in total. The number of benzene rings is 2. The molecule has 0 spiro atoms. The van der Waals surface area contributed by atoms with Crippen LogP contribution in [0.15, 0.2) is 48.5 Å². The van der Waals surface area contributed by atoms with E-state index in [-0.39, 0.29) is 0 Å². The van der Waals surface area contributed by atoms with Crippen molar-refractivity contribution in [3.05, 3.63) is 59.7 Å². The molecule has 0 amide bonds. The molecular weight excluding hydrogens is 236 g/mol. The highest BCUT2D eigenvalue weighted by Gasteiger charge is 2.00. The first-order chi connectivity index (χ1) is 9.29. The first kappa shape index (κ1) is 13.4. The maximum atomic E-state index is 5.59. The van der Waals surface area contributed by atoms with E-state index in [0.717, 1.165) is 18.0 Å². The maximum Gasteiger partial charge on any atom is 0.122 e. The summed E-state index contributed by atoms with van der Waals surface area (Å²) in [5.74, 6) is 0.960. The number of rotatable bonds is 6. The molecule has 0 bridgehead atoms. The Morgan fingerprint density at radius 3 is 2.58 bits per heavy atom. The van der Waals surface area contributed by atoms with Gasteiger partial charge in [0.1, 0.15) is 5.75 Å². The maximum absolute atomic E-state index is 5.59. The Bertz CT molecular complexity index is 511. The predicted molar refractivity (Wildman–Crippen MR) is 79.3 cm³/mol. The number of nitrogens with one attached hydrogen (secondary N) is 2. The van der Waals surface area contributed by atoms with Gasteiger partial charge in [-0.05, 0) is 43.2 Å². The van der Waals surface area contributed by atoms with Crippen LogP contribution in [0.1, 0.15) is 18.1 Å². The van der Waals surface area contributed by atoms with Gasteiger partial charge in [-0.3, -0.25) is 0 Å². The van der Waals surface area contributed by atoms with E-state index >= 15 is 0 Å². The van der Waals surface area contributed by atoms with Gasteiger partial charge in [0.25, 0.3) is 0 Å². The number of para-hydroxylation sites is 1. The van der Waals surface area contributed by atoms with Crippen molar-refractivity contribution in [1.82, 2.24) is 5.43 Å². The van der Waals surface area contributed by atoms with Gasteiger partial charge in [0.2, 0.25) is 0 Å². The number of anilines is 1. The van der Waals surface area contributed by atoms with Crippen LogP contribution in [-0.2, 0) is 6.54 Å². The molecule has 0 aromatic heterocycles. The molecule has 0 atom stereocenters. The molecule has 2 aromatic carbocycles. The number of aryl methyl sites for hydroxylation is 1. The van der Waals surface area contributed by atoms with Crippen molar-refractivity contribution in [1.29, 1.82) is 0 Å². The van der Waals surface area contributed by atoms with Crippen molar-refractivity contribution in [3.63, 3.8) is 0 Å². The lowest BCUT2D eigenvalue weighted by Crippen LogP contribution is -2.20. The van der Waals surface area contributed by atoms with Crippen molar-refractivity contribution in [3.8, 4) is 5.75 Å². The Kier molecular flexibility index (Phi) is 4.81. The molecule has 100 valence electrons. The van der Waals surface area contributed by atoms with E-state index in [4.69, 9.17) is 4.74 Å². The van der Waals surface area contributed by atoms with Crippen LogP contribution < -0.4 is 15.6 Å². The fraction of sp³-hybridized carbons (Fsp3) is 0.250. The third-order valence-corrected chi connectivity index (χ3v) is 2.85. The van der Waals surface area contributed by atoms with Gasteiger partial charge in [-0.15, -0.1) is 0 Å². The van der Waals surface area contributed by atoms with Crippen LogP contribution in [0.25, 0.3) is 0 Å². The number of ether oxygens (including phenoxy) is 1. The van der Waals surface area contributed by atoms with Crippen molar-refractivity contribution in [2.45, 2.75) is 20.4 Å². The zero-order valence-corrected chi connectivity index (χ0v) is 11.4. The zero-order chi connectivity index (χ0) is 13.5. The second kappa shape index (κ2) is 6.81. The Morgan fingerprint density at radius 1 is 1.05 bits per heavy atom. The highest BCUT2D eigenvalue weighted by molar-refractivity contribution is 5.41. The van der Waals surface area contributed by atoms with E-state index in [1.807, 2.05) is 37.3 Å². The Balaban J connectivity index is 1.91. The normalized spacial score (nSPS) is 10.2. The molecule has 0 aliphatic heterocycles. The summed E-state index contributed by atoms with van der Waals surface area (Å²) in [6.45, 7) is 5.50. The van der Waals surface area contributed by atoms with Gasteiger partial charge in [-0.25, -0.2) is 5.43 Å². The van der Waals surface area contributed by atoms with Gasteiger partial charge in [0.05, 0.1) is 6.61 Å². The number of hydrazine groups is 1. The van der Waals surface area contributed by atoms with Crippen LogP contribution in [0, 0.1) is 6.92 Å². The van der Waals surface area contributed by atoms with E-state index in [0.29, 0.717) is 6.61 Å². The van der Waals surface area contributed by atoms with Gasteiger partial charge in [0.15, 0.2) is 0 Å². The van der Waals surface area contributed by atoms with Crippen molar-refractivity contribution in [2.24, 2.45) is 0 Å². The van der Waals surface area contributed by atoms with Crippen molar-refractivity contribution >= 4 is 5.69 Å². The Labute approximate surface area is 114 Å². The van der Waals surface area contributed by atoms with Crippen LogP contribution in [0.5, 0.6) is 5.75 Å². The van der Waals surface area contributed by atoms with Gasteiger partial charge in [-0.2, -0.15) is 0 Å².